The second-order valence-electron chi connectivity index (χ2n) is 4.16. The number of aliphatic carboxylic acids is 2. The smallest absolute Gasteiger partial charge is 0.326 e. The molecule has 0 aliphatic carbocycles. The van der Waals surface area contributed by atoms with E-state index in [9.17, 15) is 14.4 Å². The van der Waals surface area contributed by atoms with E-state index in [0.717, 1.165) is 11.5 Å². The van der Waals surface area contributed by atoms with Crippen LogP contribution in [0, 0.1) is 0 Å². The van der Waals surface area contributed by atoms with Crippen LogP contribution >= 0.6 is 0 Å². The SMILES string of the molecule is O=C(O)C1CCCN1O.O=C1CC[C@@H](C(=O)O)N1. The Hall–Kier alpha value is -1.67. The van der Waals surface area contributed by atoms with E-state index in [0.29, 0.717) is 25.8 Å². The van der Waals surface area contributed by atoms with Crippen molar-refractivity contribution in [2.75, 3.05) is 6.54 Å². The number of carbonyl (C=O) groups excluding carboxylic acids is 1. The highest BCUT2D eigenvalue weighted by Gasteiger charge is 2.28. The van der Waals surface area contributed by atoms with Crippen molar-refractivity contribution in [1.29, 1.82) is 0 Å². The summed E-state index contributed by atoms with van der Waals surface area (Å²) in [4.78, 5) is 30.7. The maximum Gasteiger partial charge on any atom is 0.326 e. The van der Waals surface area contributed by atoms with Crippen LogP contribution in [0.25, 0.3) is 0 Å². The molecular formula is C10H16N2O6. The number of rotatable bonds is 2. The molecule has 0 bridgehead atoms. The van der Waals surface area contributed by atoms with E-state index in [-0.39, 0.29) is 5.91 Å². The van der Waals surface area contributed by atoms with Crippen LogP contribution in [-0.2, 0) is 14.4 Å². The highest BCUT2D eigenvalue weighted by atomic mass is 16.5. The van der Waals surface area contributed by atoms with Gasteiger partial charge in [-0.15, -0.1) is 0 Å². The van der Waals surface area contributed by atoms with E-state index in [4.69, 9.17) is 15.4 Å². The van der Waals surface area contributed by atoms with E-state index >= 15 is 0 Å². The molecule has 2 rings (SSSR count). The van der Waals surface area contributed by atoms with Crippen LogP contribution in [0.2, 0.25) is 0 Å². The fraction of sp³-hybridized carbons (Fsp3) is 0.700. The summed E-state index contributed by atoms with van der Waals surface area (Å²) in [6.45, 7) is 0.483. The number of carboxylic acid groups (broad SMARTS) is 2. The molecule has 102 valence electrons. The lowest BCUT2D eigenvalue weighted by molar-refractivity contribution is -0.161. The second kappa shape index (κ2) is 6.31. The normalized spacial score (nSPS) is 27.3. The molecule has 18 heavy (non-hydrogen) atoms. The summed E-state index contributed by atoms with van der Waals surface area (Å²) >= 11 is 0. The molecule has 0 aromatic rings. The predicted molar refractivity (Wildman–Crippen MR) is 58.0 cm³/mol. The zero-order valence-electron chi connectivity index (χ0n) is 9.70. The largest absolute Gasteiger partial charge is 0.480 e. The van der Waals surface area contributed by atoms with Crippen molar-refractivity contribution in [2.24, 2.45) is 0 Å². The topological polar surface area (TPSA) is 127 Å². The van der Waals surface area contributed by atoms with Gasteiger partial charge in [0.1, 0.15) is 12.1 Å². The maximum atomic E-state index is 10.4. The van der Waals surface area contributed by atoms with Crippen LogP contribution in [0.5, 0.6) is 0 Å². The summed E-state index contributed by atoms with van der Waals surface area (Å²) in [7, 11) is 0. The third kappa shape index (κ3) is 3.97. The van der Waals surface area contributed by atoms with Gasteiger partial charge in [0, 0.05) is 13.0 Å². The van der Waals surface area contributed by atoms with Crippen molar-refractivity contribution in [3.63, 3.8) is 0 Å². The number of hydroxylamine groups is 2. The summed E-state index contributed by atoms with van der Waals surface area (Å²) in [5, 5.41) is 28.7. The summed E-state index contributed by atoms with van der Waals surface area (Å²) < 4.78 is 0. The summed E-state index contributed by atoms with van der Waals surface area (Å²) in [5.74, 6) is -2.04. The van der Waals surface area contributed by atoms with Gasteiger partial charge in [0.15, 0.2) is 0 Å². The Morgan fingerprint density at radius 1 is 1.22 bits per heavy atom. The fourth-order valence-corrected chi connectivity index (χ4v) is 1.80. The number of hydrogen-bond donors (Lipinski definition) is 4. The van der Waals surface area contributed by atoms with Gasteiger partial charge in [-0.3, -0.25) is 9.59 Å². The fourth-order valence-electron chi connectivity index (χ4n) is 1.80. The van der Waals surface area contributed by atoms with Crippen molar-refractivity contribution in [3.05, 3.63) is 0 Å². The molecule has 2 saturated heterocycles. The van der Waals surface area contributed by atoms with Gasteiger partial charge in [0.25, 0.3) is 0 Å². The maximum absolute atomic E-state index is 10.4. The number of nitrogens with zero attached hydrogens (tertiary/aromatic N) is 1. The third-order valence-corrected chi connectivity index (χ3v) is 2.80. The van der Waals surface area contributed by atoms with E-state index in [1.165, 1.54) is 0 Å². The second-order valence-corrected chi connectivity index (χ2v) is 4.16. The van der Waals surface area contributed by atoms with Gasteiger partial charge < -0.3 is 20.7 Å². The van der Waals surface area contributed by atoms with Gasteiger partial charge in [-0.2, -0.15) is 5.06 Å². The summed E-state index contributed by atoms with van der Waals surface area (Å²) in [5.41, 5.74) is 0. The van der Waals surface area contributed by atoms with Crippen LogP contribution in [0.3, 0.4) is 0 Å². The van der Waals surface area contributed by atoms with E-state index < -0.39 is 24.0 Å². The molecule has 0 aromatic carbocycles. The average Bonchev–Trinajstić information content (AvgIpc) is 2.87. The minimum Gasteiger partial charge on any atom is -0.480 e. The molecule has 0 saturated carbocycles. The molecule has 2 aliphatic rings. The zero-order valence-corrected chi connectivity index (χ0v) is 9.70. The van der Waals surface area contributed by atoms with Crippen LogP contribution in [0.15, 0.2) is 0 Å². The number of nitrogens with one attached hydrogen (secondary N) is 1. The quantitative estimate of drug-likeness (QED) is 0.515. The summed E-state index contributed by atoms with van der Waals surface area (Å²) in [6, 6.07) is -1.30. The van der Waals surface area contributed by atoms with Crippen molar-refractivity contribution in [2.45, 2.75) is 37.8 Å². The molecule has 2 fully saturated rings. The van der Waals surface area contributed by atoms with Gasteiger partial charge in [-0.1, -0.05) is 0 Å². The molecule has 8 nitrogen and oxygen atoms in total. The van der Waals surface area contributed by atoms with Gasteiger partial charge in [0.05, 0.1) is 0 Å². The van der Waals surface area contributed by atoms with Crippen LogP contribution in [-0.4, -0.2) is 57.0 Å². The van der Waals surface area contributed by atoms with E-state index in [1.807, 2.05) is 0 Å². The highest BCUT2D eigenvalue weighted by Crippen LogP contribution is 2.13. The molecule has 2 heterocycles. The first-order valence-electron chi connectivity index (χ1n) is 5.62. The minimum absolute atomic E-state index is 0.164. The van der Waals surface area contributed by atoms with Crippen molar-refractivity contribution < 1.29 is 29.8 Å². The molecular weight excluding hydrogens is 244 g/mol. The van der Waals surface area contributed by atoms with Gasteiger partial charge in [0.2, 0.25) is 5.91 Å². The first kappa shape index (κ1) is 14.4. The lowest BCUT2D eigenvalue weighted by Crippen LogP contribution is -2.32. The Morgan fingerprint density at radius 2 is 1.89 bits per heavy atom. The molecule has 2 aliphatic heterocycles. The van der Waals surface area contributed by atoms with E-state index in [2.05, 4.69) is 5.32 Å². The zero-order chi connectivity index (χ0) is 13.7. The summed E-state index contributed by atoms with van der Waals surface area (Å²) in [6.07, 6.45) is 2.10. The van der Waals surface area contributed by atoms with Crippen molar-refractivity contribution in [3.8, 4) is 0 Å². The molecule has 1 unspecified atom stereocenters. The molecule has 4 N–H and O–H groups in total. The van der Waals surface area contributed by atoms with Crippen molar-refractivity contribution in [1.82, 2.24) is 10.4 Å². The Balaban J connectivity index is 0.000000180. The first-order chi connectivity index (χ1) is 8.41. The minimum atomic E-state index is -0.944. The van der Waals surface area contributed by atoms with Crippen LogP contribution in [0.1, 0.15) is 25.7 Å². The standard InChI is InChI=1S/C5H9NO3.C5H7NO3/c7-5(8)4-2-1-3-6(4)9;7-4-2-1-3(6-4)5(8)9/h4,9H,1-3H2,(H,7,8);3H,1-2H2,(H,6,7)(H,8,9)/t;3-/m.0/s1. The van der Waals surface area contributed by atoms with Gasteiger partial charge >= 0.3 is 11.9 Å². The third-order valence-electron chi connectivity index (χ3n) is 2.80. The van der Waals surface area contributed by atoms with E-state index in [1.54, 1.807) is 0 Å². The molecule has 2 atom stereocenters. The number of carbonyl (C=O) groups is 3. The van der Waals surface area contributed by atoms with Gasteiger partial charge in [-0.05, 0) is 19.3 Å². The average molecular weight is 260 g/mol. The lowest BCUT2D eigenvalue weighted by atomic mass is 10.2. The molecule has 8 heteroatoms. The lowest BCUT2D eigenvalue weighted by Gasteiger charge is -2.11. The molecule has 1 amide bonds. The number of hydrogen-bond acceptors (Lipinski definition) is 5. The number of carboxylic acids is 2. The van der Waals surface area contributed by atoms with Crippen LogP contribution < -0.4 is 5.32 Å². The van der Waals surface area contributed by atoms with Crippen molar-refractivity contribution >= 4 is 17.8 Å². The Kier molecular flexibility index (Phi) is 5.05. The number of amides is 1. The predicted octanol–water partition coefficient (Wildman–Crippen LogP) is -0.726. The monoisotopic (exact) mass is 260 g/mol. The first-order valence-corrected chi connectivity index (χ1v) is 5.62. The van der Waals surface area contributed by atoms with Crippen LogP contribution in [0.4, 0.5) is 0 Å². The Morgan fingerprint density at radius 3 is 2.11 bits per heavy atom. The molecule has 0 spiro atoms. The van der Waals surface area contributed by atoms with Gasteiger partial charge in [-0.25, -0.2) is 4.79 Å². The molecule has 0 aromatic heterocycles. The molecule has 0 radical (unpaired) electrons. The highest BCUT2D eigenvalue weighted by molar-refractivity contribution is 5.87. The Labute approximate surface area is 103 Å². The Bertz CT molecular complexity index is 345.